The van der Waals surface area contributed by atoms with E-state index in [1.165, 1.54) is 11.6 Å². The van der Waals surface area contributed by atoms with Gasteiger partial charge < -0.3 is 5.11 Å². The van der Waals surface area contributed by atoms with Crippen LogP contribution in [0, 0.1) is 0 Å². The highest BCUT2D eigenvalue weighted by molar-refractivity contribution is 5.72. The minimum atomic E-state index is -0.997. The van der Waals surface area contributed by atoms with Crippen LogP contribution in [0.4, 0.5) is 0 Å². The Kier molecular flexibility index (Phi) is 2.16. The Morgan fingerprint density at radius 3 is 3.07 bits per heavy atom. The number of aliphatic carboxylic acids is 1. The maximum absolute atomic E-state index is 10.8. The highest BCUT2D eigenvalue weighted by atomic mass is 16.4. The average Bonchev–Trinajstić information content (AvgIpc) is 2.86. The first-order valence-corrected chi connectivity index (χ1v) is 4.20. The van der Waals surface area contributed by atoms with Gasteiger partial charge in [-0.05, 0) is 23.4 Å². The molecule has 8 heteroatoms. The van der Waals surface area contributed by atoms with E-state index in [-0.39, 0.29) is 0 Å². The Balaban J connectivity index is 2.43. The van der Waals surface area contributed by atoms with Gasteiger partial charge in [0.2, 0.25) is 5.82 Å². The van der Waals surface area contributed by atoms with E-state index in [9.17, 15) is 4.79 Å². The number of carboxylic acids is 1. The Labute approximate surface area is 83.9 Å². The number of carbonyl (C=O) groups is 1. The van der Waals surface area contributed by atoms with Gasteiger partial charge in [0.25, 0.3) is 0 Å². The van der Waals surface area contributed by atoms with Crippen LogP contribution in [0.15, 0.2) is 12.3 Å². The molecule has 1 unspecified atom stereocenters. The summed E-state index contributed by atoms with van der Waals surface area (Å²) in [6, 6.07) is 0.842. The highest BCUT2D eigenvalue weighted by Gasteiger charge is 2.20. The number of rotatable bonds is 3. The molecule has 0 aliphatic rings. The fourth-order valence-corrected chi connectivity index (χ4v) is 1.12. The minimum Gasteiger partial charge on any atom is -0.480 e. The molecular weight excluding hydrogens is 200 g/mol. The van der Waals surface area contributed by atoms with Crippen molar-refractivity contribution in [1.29, 1.82) is 0 Å². The van der Waals surface area contributed by atoms with Gasteiger partial charge in [-0.1, -0.05) is 0 Å². The van der Waals surface area contributed by atoms with Gasteiger partial charge in [-0.25, -0.2) is 9.48 Å². The summed E-state index contributed by atoms with van der Waals surface area (Å²) in [5, 5.41) is 26.0. The number of H-pyrrole nitrogens is 1. The van der Waals surface area contributed by atoms with E-state index >= 15 is 0 Å². The topological polar surface area (TPSA) is 110 Å². The van der Waals surface area contributed by atoms with Crippen LogP contribution in [-0.2, 0) is 4.79 Å². The number of tetrazole rings is 1. The van der Waals surface area contributed by atoms with Crippen LogP contribution in [0.5, 0.6) is 0 Å². The molecule has 2 N–H and O–H groups in total. The first-order valence-electron chi connectivity index (χ1n) is 4.20. The summed E-state index contributed by atoms with van der Waals surface area (Å²) in [7, 11) is 0. The van der Waals surface area contributed by atoms with Crippen LogP contribution in [-0.4, -0.2) is 41.5 Å². The third kappa shape index (κ3) is 1.56. The first kappa shape index (κ1) is 9.31. The van der Waals surface area contributed by atoms with Gasteiger partial charge in [0, 0.05) is 6.20 Å². The summed E-state index contributed by atoms with van der Waals surface area (Å²) < 4.78 is 1.22. The molecule has 0 saturated carbocycles. The number of carboxylic acid groups (broad SMARTS) is 1. The van der Waals surface area contributed by atoms with Crippen LogP contribution in [0.2, 0.25) is 0 Å². The SMILES string of the molecule is CC(C(=O)O)n1nnnc1-c1ccn[nH]1. The number of nitrogens with zero attached hydrogens (tertiary/aromatic N) is 5. The summed E-state index contributed by atoms with van der Waals surface area (Å²) in [5.74, 6) is -0.648. The third-order valence-electron chi connectivity index (χ3n) is 1.96. The molecule has 0 saturated heterocycles. The molecule has 78 valence electrons. The van der Waals surface area contributed by atoms with Crippen molar-refractivity contribution in [2.45, 2.75) is 13.0 Å². The molecule has 2 aromatic heterocycles. The Morgan fingerprint density at radius 2 is 2.47 bits per heavy atom. The minimum absolute atomic E-state index is 0.349. The number of aromatic nitrogens is 6. The molecule has 15 heavy (non-hydrogen) atoms. The van der Waals surface area contributed by atoms with Crippen LogP contribution < -0.4 is 0 Å². The van der Waals surface area contributed by atoms with E-state index in [4.69, 9.17) is 5.11 Å². The lowest BCUT2D eigenvalue weighted by Crippen LogP contribution is -2.18. The molecule has 0 aliphatic heterocycles. The summed E-state index contributed by atoms with van der Waals surface area (Å²) >= 11 is 0. The second kappa shape index (κ2) is 3.48. The fraction of sp³-hybridized carbons (Fsp3) is 0.286. The van der Waals surface area contributed by atoms with E-state index < -0.39 is 12.0 Å². The van der Waals surface area contributed by atoms with E-state index in [1.807, 2.05) is 0 Å². The van der Waals surface area contributed by atoms with E-state index in [0.29, 0.717) is 11.5 Å². The van der Waals surface area contributed by atoms with Crippen molar-refractivity contribution in [3.05, 3.63) is 12.3 Å². The maximum atomic E-state index is 10.8. The van der Waals surface area contributed by atoms with Crippen molar-refractivity contribution in [1.82, 2.24) is 30.4 Å². The molecule has 2 rings (SSSR count). The van der Waals surface area contributed by atoms with Crippen molar-refractivity contribution in [3.63, 3.8) is 0 Å². The smallest absolute Gasteiger partial charge is 0.328 e. The molecule has 0 aliphatic carbocycles. The van der Waals surface area contributed by atoms with Gasteiger partial charge >= 0.3 is 5.97 Å². The standard InChI is InChI=1S/C7H8N6O2/c1-4(7(14)15)13-6(10-11-12-13)5-2-3-8-9-5/h2-4H,1H3,(H,8,9)(H,14,15). The largest absolute Gasteiger partial charge is 0.480 e. The summed E-state index contributed by atoms with van der Waals surface area (Å²) in [6.07, 6.45) is 1.54. The van der Waals surface area contributed by atoms with Crippen molar-refractivity contribution in [2.24, 2.45) is 0 Å². The predicted molar refractivity (Wildman–Crippen MR) is 47.7 cm³/mol. The molecule has 1 atom stereocenters. The van der Waals surface area contributed by atoms with Crippen molar-refractivity contribution >= 4 is 5.97 Å². The summed E-state index contributed by atoms with van der Waals surface area (Å²) in [4.78, 5) is 10.8. The molecule has 0 fully saturated rings. The molecule has 0 aromatic carbocycles. The lowest BCUT2D eigenvalue weighted by atomic mass is 10.3. The van der Waals surface area contributed by atoms with Crippen LogP contribution in [0.25, 0.3) is 11.5 Å². The zero-order valence-electron chi connectivity index (χ0n) is 7.82. The molecule has 0 spiro atoms. The average molecular weight is 208 g/mol. The summed E-state index contributed by atoms with van der Waals surface area (Å²) in [5.41, 5.74) is 0.577. The van der Waals surface area contributed by atoms with Crippen molar-refractivity contribution < 1.29 is 9.90 Å². The molecule has 0 amide bonds. The lowest BCUT2D eigenvalue weighted by Gasteiger charge is -2.06. The Morgan fingerprint density at radius 1 is 1.67 bits per heavy atom. The lowest BCUT2D eigenvalue weighted by molar-refractivity contribution is -0.140. The van der Waals surface area contributed by atoms with E-state index in [2.05, 4.69) is 25.7 Å². The zero-order valence-corrected chi connectivity index (χ0v) is 7.82. The van der Waals surface area contributed by atoms with Crippen LogP contribution in [0.3, 0.4) is 0 Å². The van der Waals surface area contributed by atoms with Gasteiger partial charge in [0.05, 0.1) is 0 Å². The summed E-state index contributed by atoms with van der Waals surface area (Å²) in [6.45, 7) is 1.50. The quantitative estimate of drug-likeness (QED) is 0.717. The predicted octanol–water partition coefficient (Wildman–Crippen LogP) is -0.291. The second-order valence-electron chi connectivity index (χ2n) is 2.93. The van der Waals surface area contributed by atoms with E-state index in [1.54, 1.807) is 12.3 Å². The monoisotopic (exact) mass is 208 g/mol. The molecule has 2 aromatic rings. The van der Waals surface area contributed by atoms with Gasteiger partial charge in [-0.2, -0.15) is 5.10 Å². The molecule has 2 heterocycles. The molecule has 8 nitrogen and oxygen atoms in total. The first-order chi connectivity index (χ1) is 7.20. The van der Waals surface area contributed by atoms with Crippen molar-refractivity contribution in [2.75, 3.05) is 0 Å². The van der Waals surface area contributed by atoms with E-state index in [0.717, 1.165) is 0 Å². The third-order valence-corrected chi connectivity index (χ3v) is 1.96. The maximum Gasteiger partial charge on any atom is 0.328 e. The highest BCUT2D eigenvalue weighted by Crippen LogP contribution is 2.15. The van der Waals surface area contributed by atoms with Crippen LogP contribution >= 0.6 is 0 Å². The number of aromatic amines is 1. The van der Waals surface area contributed by atoms with Gasteiger partial charge in [-0.3, -0.25) is 5.10 Å². The number of nitrogens with one attached hydrogen (secondary N) is 1. The van der Waals surface area contributed by atoms with Gasteiger partial charge in [0.15, 0.2) is 6.04 Å². The number of hydrogen-bond acceptors (Lipinski definition) is 5. The zero-order chi connectivity index (χ0) is 10.8. The van der Waals surface area contributed by atoms with Crippen molar-refractivity contribution in [3.8, 4) is 11.5 Å². The van der Waals surface area contributed by atoms with Gasteiger partial charge in [-0.15, -0.1) is 5.10 Å². The number of hydrogen-bond donors (Lipinski definition) is 2. The van der Waals surface area contributed by atoms with Gasteiger partial charge in [0.1, 0.15) is 5.69 Å². The molecule has 0 radical (unpaired) electrons. The normalized spacial score (nSPS) is 12.6. The molecule has 0 bridgehead atoms. The van der Waals surface area contributed by atoms with Crippen LogP contribution in [0.1, 0.15) is 13.0 Å². The Hall–Kier alpha value is -2.25. The Bertz CT molecular complexity index is 462. The molecular formula is C7H8N6O2. The fourth-order valence-electron chi connectivity index (χ4n) is 1.12. The second-order valence-corrected chi connectivity index (χ2v) is 2.93.